The predicted octanol–water partition coefficient (Wildman–Crippen LogP) is 5.47. The number of rotatable bonds is 10. The van der Waals surface area contributed by atoms with E-state index >= 15 is 0 Å². The number of phenolic OH excluding ortho intramolecular Hbond substituents is 1. The van der Waals surface area contributed by atoms with Gasteiger partial charge in [0, 0.05) is 18.5 Å². The number of likely N-dealkylation sites (N-methyl/N-ethyl adjacent to an activating group) is 1. The van der Waals surface area contributed by atoms with Gasteiger partial charge in [-0.15, -0.1) is 0 Å². The third kappa shape index (κ3) is 6.32. The zero-order valence-corrected chi connectivity index (χ0v) is 19.0. The maximum atomic E-state index is 13.5. The van der Waals surface area contributed by atoms with Gasteiger partial charge in [0.15, 0.2) is 5.78 Å². The molecule has 0 aliphatic rings. The lowest BCUT2D eigenvalue weighted by atomic mass is 9.88. The average molecular weight is 430 g/mol. The van der Waals surface area contributed by atoms with Crippen LogP contribution in [0, 0.1) is 0 Å². The Morgan fingerprint density at radius 1 is 0.875 bits per heavy atom. The van der Waals surface area contributed by atoms with Crippen molar-refractivity contribution >= 4 is 16.9 Å². The number of carbonyl (C=O) groups excluding carboxylic acids is 1. The number of carbonyl (C=O) groups is 1. The van der Waals surface area contributed by atoms with E-state index in [1.807, 2.05) is 80.8 Å². The molecule has 1 N–H and O–H groups in total. The van der Waals surface area contributed by atoms with Gasteiger partial charge in [-0.1, -0.05) is 61.5 Å². The monoisotopic (exact) mass is 429 g/mol. The number of allylic oxidation sites excluding steroid dienone is 2. The van der Waals surface area contributed by atoms with Crippen LogP contribution in [0.25, 0.3) is 11.1 Å². The Kier molecular flexibility index (Phi) is 8.23. The smallest absolute Gasteiger partial charge is 0.168 e. The van der Waals surface area contributed by atoms with E-state index < -0.39 is 0 Å². The van der Waals surface area contributed by atoms with Crippen LogP contribution in [-0.4, -0.2) is 43.0 Å². The summed E-state index contributed by atoms with van der Waals surface area (Å²) in [4.78, 5) is 15.6. The van der Waals surface area contributed by atoms with Crippen molar-refractivity contribution < 1.29 is 14.6 Å². The molecule has 3 aromatic rings. The maximum absolute atomic E-state index is 13.5. The zero-order valence-electron chi connectivity index (χ0n) is 19.0. The molecule has 0 saturated carbocycles. The summed E-state index contributed by atoms with van der Waals surface area (Å²) < 4.78 is 5.76. The van der Waals surface area contributed by atoms with Gasteiger partial charge in [0.1, 0.15) is 18.1 Å². The summed E-state index contributed by atoms with van der Waals surface area (Å²) in [7, 11) is 4.02. The highest BCUT2D eigenvalue weighted by Gasteiger charge is 2.18. The lowest BCUT2D eigenvalue weighted by Gasteiger charge is -2.15. The molecule has 0 fully saturated rings. The minimum atomic E-state index is 0.0534. The number of hydrogen-bond acceptors (Lipinski definition) is 4. The molecule has 0 spiro atoms. The van der Waals surface area contributed by atoms with E-state index in [2.05, 4.69) is 11.8 Å². The van der Waals surface area contributed by atoms with E-state index in [9.17, 15) is 9.90 Å². The van der Waals surface area contributed by atoms with Gasteiger partial charge in [-0.05, 0) is 67.0 Å². The van der Waals surface area contributed by atoms with Crippen LogP contribution in [-0.2, 0) is 11.2 Å². The molecule has 166 valence electrons. The number of nitrogens with zero attached hydrogens (tertiary/aromatic N) is 1. The third-order valence-corrected chi connectivity index (χ3v) is 5.31. The van der Waals surface area contributed by atoms with Gasteiger partial charge in [-0.25, -0.2) is 0 Å². The summed E-state index contributed by atoms with van der Waals surface area (Å²) in [6.45, 7) is 3.53. The fraction of sp³-hybridized carbons (Fsp3) is 0.250. The second kappa shape index (κ2) is 11.3. The Balaban J connectivity index is 1.88. The minimum Gasteiger partial charge on any atom is -0.508 e. The number of benzene rings is 3. The van der Waals surface area contributed by atoms with Gasteiger partial charge >= 0.3 is 0 Å². The van der Waals surface area contributed by atoms with Crippen molar-refractivity contribution in [1.29, 1.82) is 0 Å². The SMILES string of the molecule is CCC(=C(C(=O)Cc1ccc(OCCN(C)C)cc1)c1ccc(O)cc1)c1ccccc1. The van der Waals surface area contributed by atoms with Crippen LogP contribution in [0.15, 0.2) is 78.9 Å². The second-order valence-corrected chi connectivity index (χ2v) is 8.02. The number of phenols is 1. The Bertz CT molecular complexity index is 1040. The molecule has 0 amide bonds. The summed E-state index contributed by atoms with van der Waals surface area (Å²) in [6.07, 6.45) is 1.02. The quantitative estimate of drug-likeness (QED) is 0.343. The van der Waals surface area contributed by atoms with Gasteiger partial charge < -0.3 is 14.7 Å². The molecular weight excluding hydrogens is 398 g/mol. The first-order valence-corrected chi connectivity index (χ1v) is 11.0. The molecular formula is C28H31NO3. The highest BCUT2D eigenvalue weighted by atomic mass is 16.5. The van der Waals surface area contributed by atoms with Crippen molar-refractivity contribution in [1.82, 2.24) is 4.90 Å². The van der Waals surface area contributed by atoms with E-state index in [4.69, 9.17) is 4.74 Å². The molecule has 3 rings (SSSR count). The Labute approximate surface area is 190 Å². The Hall–Kier alpha value is -3.37. The molecule has 0 radical (unpaired) electrons. The molecule has 0 heterocycles. The third-order valence-electron chi connectivity index (χ3n) is 5.31. The van der Waals surface area contributed by atoms with Gasteiger partial charge in [-0.3, -0.25) is 4.79 Å². The summed E-state index contributed by atoms with van der Waals surface area (Å²) in [5, 5.41) is 9.73. The summed E-state index contributed by atoms with van der Waals surface area (Å²) in [5.41, 5.74) is 4.50. The number of aromatic hydroxyl groups is 1. The minimum absolute atomic E-state index is 0.0534. The van der Waals surface area contributed by atoms with E-state index in [1.54, 1.807) is 12.1 Å². The molecule has 4 nitrogen and oxygen atoms in total. The van der Waals surface area contributed by atoms with Crippen LogP contribution in [0.1, 0.15) is 30.0 Å². The van der Waals surface area contributed by atoms with Crippen LogP contribution >= 0.6 is 0 Å². The van der Waals surface area contributed by atoms with Crippen molar-refractivity contribution in [3.8, 4) is 11.5 Å². The Morgan fingerprint density at radius 2 is 1.53 bits per heavy atom. The van der Waals surface area contributed by atoms with Gasteiger partial charge in [0.2, 0.25) is 0 Å². The lowest BCUT2D eigenvalue weighted by Crippen LogP contribution is -2.19. The molecule has 0 unspecified atom stereocenters. The molecule has 0 saturated heterocycles. The first-order chi connectivity index (χ1) is 15.5. The number of ketones is 1. The van der Waals surface area contributed by atoms with E-state index in [1.165, 1.54) is 0 Å². The molecule has 3 aromatic carbocycles. The van der Waals surface area contributed by atoms with Crippen LogP contribution in [0.3, 0.4) is 0 Å². The number of hydrogen-bond donors (Lipinski definition) is 1. The predicted molar refractivity (Wildman–Crippen MR) is 131 cm³/mol. The van der Waals surface area contributed by atoms with Crippen molar-refractivity contribution in [3.05, 3.63) is 95.6 Å². The first kappa shape index (κ1) is 23.3. The van der Waals surface area contributed by atoms with E-state index in [0.717, 1.165) is 41.0 Å². The van der Waals surface area contributed by atoms with Gasteiger partial charge in [0.25, 0.3) is 0 Å². The van der Waals surface area contributed by atoms with Gasteiger partial charge in [0.05, 0.1) is 0 Å². The average Bonchev–Trinajstić information content (AvgIpc) is 2.79. The highest BCUT2D eigenvalue weighted by molar-refractivity contribution is 6.28. The lowest BCUT2D eigenvalue weighted by molar-refractivity contribution is -0.113. The second-order valence-electron chi connectivity index (χ2n) is 8.02. The highest BCUT2D eigenvalue weighted by Crippen LogP contribution is 2.31. The van der Waals surface area contributed by atoms with Crippen molar-refractivity contribution in [2.45, 2.75) is 19.8 Å². The number of ether oxygens (including phenoxy) is 1. The summed E-state index contributed by atoms with van der Waals surface area (Å²) in [6, 6.07) is 24.6. The molecule has 0 bridgehead atoms. The molecule has 32 heavy (non-hydrogen) atoms. The van der Waals surface area contributed by atoms with Crippen molar-refractivity contribution in [3.63, 3.8) is 0 Å². The topological polar surface area (TPSA) is 49.8 Å². The largest absolute Gasteiger partial charge is 0.508 e. The van der Waals surface area contributed by atoms with Crippen LogP contribution in [0.5, 0.6) is 11.5 Å². The summed E-state index contributed by atoms with van der Waals surface area (Å²) >= 11 is 0. The standard InChI is InChI=1S/C28H31NO3/c1-4-26(22-8-6-5-7-9-22)28(23-12-14-24(30)15-13-23)27(31)20-21-10-16-25(17-11-21)32-19-18-29(2)3/h5-17,30H,4,18-20H2,1-3H3. The summed E-state index contributed by atoms with van der Waals surface area (Å²) in [5.74, 6) is 1.04. The van der Waals surface area contributed by atoms with E-state index in [0.29, 0.717) is 18.6 Å². The van der Waals surface area contributed by atoms with Crippen LogP contribution in [0.4, 0.5) is 0 Å². The van der Waals surface area contributed by atoms with Crippen LogP contribution < -0.4 is 4.74 Å². The zero-order chi connectivity index (χ0) is 22.9. The maximum Gasteiger partial charge on any atom is 0.168 e. The first-order valence-electron chi connectivity index (χ1n) is 11.0. The number of Topliss-reactive ketones (excluding diaryl/α,β-unsaturated/α-hetero) is 1. The van der Waals surface area contributed by atoms with Crippen LogP contribution in [0.2, 0.25) is 0 Å². The molecule has 4 heteroatoms. The fourth-order valence-corrected chi connectivity index (χ4v) is 3.62. The molecule has 0 aromatic heterocycles. The molecule has 0 aliphatic carbocycles. The fourth-order valence-electron chi connectivity index (χ4n) is 3.62. The normalized spacial score (nSPS) is 11.9. The van der Waals surface area contributed by atoms with Crippen molar-refractivity contribution in [2.75, 3.05) is 27.2 Å². The Morgan fingerprint density at radius 3 is 2.12 bits per heavy atom. The molecule has 0 aliphatic heterocycles. The van der Waals surface area contributed by atoms with Gasteiger partial charge in [-0.2, -0.15) is 0 Å². The molecule has 0 atom stereocenters. The van der Waals surface area contributed by atoms with Crippen molar-refractivity contribution in [2.24, 2.45) is 0 Å². The van der Waals surface area contributed by atoms with E-state index in [-0.39, 0.29) is 11.5 Å².